The van der Waals surface area contributed by atoms with Gasteiger partial charge in [-0.05, 0) is 38.3 Å². The molecule has 1 unspecified atom stereocenters. The van der Waals surface area contributed by atoms with Crippen LogP contribution in [0.2, 0.25) is 0 Å². The summed E-state index contributed by atoms with van der Waals surface area (Å²) in [7, 11) is 0. The van der Waals surface area contributed by atoms with E-state index in [0.29, 0.717) is 11.5 Å². The van der Waals surface area contributed by atoms with Gasteiger partial charge in [0.1, 0.15) is 5.01 Å². The summed E-state index contributed by atoms with van der Waals surface area (Å²) in [6.07, 6.45) is 7.47. The van der Waals surface area contributed by atoms with E-state index in [9.17, 15) is 4.39 Å². The smallest absolute Gasteiger partial charge is 0.151 e. The van der Waals surface area contributed by atoms with Crippen molar-refractivity contribution in [1.29, 1.82) is 0 Å². The third-order valence-corrected chi connectivity index (χ3v) is 5.06. The minimum atomic E-state index is -0.288. The molecular formula is C16H20FN3S. The Morgan fingerprint density at radius 3 is 3.19 bits per heavy atom. The Kier molecular flexibility index (Phi) is 4.60. The van der Waals surface area contributed by atoms with Crippen molar-refractivity contribution < 1.29 is 4.39 Å². The molecule has 0 amide bonds. The van der Waals surface area contributed by atoms with Crippen molar-refractivity contribution in [3.05, 3.63) is 34.8 Å². The van der Waals surface area contributed by atoms with Crippen molar-refractivity contribution in [2.24, 2.45) is 0 Å². The molecule has 5 heteroatoms. The Bertz CT molecular complexity index is 611. The Morgan fingerprint density at radius 1 is 1.48 bits per heavy atom. The number of thiazole rings is 1. The number of hydrogen-bond acceptors (Lipinski definition) is 4. The summed E-state index contributed by atoms with van der Waals surface area (Å²) in [6, 6.07) is 1.71. The lowest BCUT2D eigenvalue weighted by atomic mass is 9.91. The largest absolute Gasteiger partial charge is 0.316 e. The first kappa shape index (κ1) is 14.6. The van der Waals surface area contributed by atoms with E-state index in [1.165, 1.54) is 29.6 Å². The van der Waals surface area contributed by atoms with Crippen molar-refractivity contribution in [2.75, 3.05) is 13.1 Å². The minimum Gasteiger partial charge on any atom is -0.316 e. The molecular weight excluding hydrogens is 285 g/mol. The van der Waals surface area contributed by atoms with Gasteiger partial charge in [-0.15, -0.1) is 11.3 Å². The van der Waals surface area contributed by atoms with Gasteiger partial charge in [0.2, 0.25) is 0 Å². The summed E-state index contributed by atoms with van der Waals surface area (Å²) in [5.41, 5.74) is 1.76. The van der Waals surface area contributed by atoms with Crippen LogP contribution >= 0.6 is 11.3 Å². The van der Waals surface area contributed by atoms with E-state index in [0.717, 1.165) is 30.9 Å². The molecule has 0 aliphatic heterocycles. The molecule has 1 aliphatic rings. The van der Waals surface area contributed by atoms with E-state index in [1.807, 2.05) is 0 Å². The van der Waals surface area contributed by atoms with Crippen LogP contribution in [0, 0.1) is 5.82 Å². The van der Waals surface area contributed by atoms with E-state index < -0.39 is 0 Å². The molecule has 2 heterocycles. The van der Waals surface area contributed by atoms with Crippen LogP contribution in [-0.4, -0.2) is 23.1 Å². The average Bonchev–Trinajstić information content (AvgIpc) is 2.92. The minimum absolute atomic E-state index is 0.288. The second-order valence-electron chi connectivity index (χ2n) is 5.48. The molecule has 1 N–H and O–H groups in total. The van der Waals surface area contributed by atoms with Gasteiger partial charge < -0.3 is 5.32 Å². The Hall–Kier alpha value is -1.33. The van der Waals surface area contributed by atoms with Crippen molar-refractivity contribution >= 4 is 11.3 Å². The second-order valence-corrected chi connectivity index (χ2v) is 6.56. The topological polar surface area (TPSA) is 37.8 Å². The number of nitrogens with zero attached hydrogens (tertiary/aromatic N) is 2. The van der Waals surface area contributed by atoms with Gasteiger partial charge in [-0.3, -0.25) is 4.98 Å². The van der Waals surface area contributed by atoms with Crippen LogP contribution < -0.4 is 5.32 Å². The lowest BCUT2D eigenvalue weighted by Gasteiger charge is -2.21. The highest BCUT2D eigenvalue weighted by Gasteiger charge is 2.25. The van der Waals surface area contributed by atoms with Crippen LogP contribution in [0.3, 0.4) is 0 Å². The molecule has 0 bridgehead atoms. The van der Waals surface area contributed by atoms with Gasteiger partial charge in [-0.25, -0.2) is 9.37 Å². The first-order valence-corrected chi connectivity index (χ1v) is 8.41. The van der Waals surface area contributed by atoms with E-state index in [-0.39, 0.29) is 5.82 Å². The van der Waals surface area contributed by atoms with Gasteiger partial charge in [0.15, 0.2) is 5.82 Å². The summed E-state index contributed by atoms with van der Waals surface area (Å²) in [5.74, 6) is 0.180. The van der Waals surface area contributed by atoms with Crippen LogP contribution in [0.1, 0.15) is 42.7 Å². The Morgan fingerprint density at radius 2 is 2.38 bits per heavy atom. The molecule has 3 nitrogen and oxygen atoms in total. The number of halogens is 1. The zero-order valence-corrected chi connectivity index (χ0v) is 13.0. The average molecular weight is 305 g/mol. The van der Waals surface area contributed by atoms with Gasteiger partial charge in [0.25, 0.3) is 0 Å². The van der Waals surface area contributed by atoms with E-state index in [1.54, 1.807) is 23.6 Å². The number of fused-ring (bicyclic) bond motifs is 1. The quantitative estimate of drug-likeness (QED) is 0.855. The molecule has 0 fully saturated rings. The van der Waals surface area contributed by atoms with E-state index in [2.05, 4.69) is 17.2 Å². The van der Waals surface area contributed by atoms with Crippen LogP contribution in [0.25, 0.3) is 10.6 Å². The molecule has 2 aromatic heterocycles. The number of aromatic nitrogens is 2. The second kappa shape index (κ2) is 6.62. The third-order valence-electron chi connectivity index (χ3n) is 3.89. The molecule has 1 aliphatic carbocycles. The molecule has 0 spiro atoms. The fourth-order valence-electron chi connectivity index (χ4n) is 2.82. The van der Waals surface area contributed by atoms with Gasteiger partial charge in [0.05, 0.1) is 11.9 Å². The highest BCUT2D eigenvalue weighted by atomic mass is 32.1. The molecule has 0 aromatic carbocycles. The lowest BCUT2D eigenvalue weighted by Crippen LogP contribution is -2.24. The number of nitrogens with one attached hydrogen (secondary N) is 1. The highest BCUT2D eigenvalue weighted by molar-refractivity contribution is 7.15. The predicted octanol–water partition coefficient (Wildman–Crippen LogP) is 3.76. The van der Waals surface area contributed by atoms with Crippen molar-refractivity contribution in [3.63, 3.8) is 0 Å². The van der Waals surface area contributed by atoms with Gasteiger partial charge in [-0.2, -0.15) is 0 Å². The molecule has 0 saturated carbocycles. The van der Waals surface area contributed by atoms with E-state index in [4.69, 9.17) is 4.98 Å². The van der Waals surface area contributed by atoms with E-state index >= 15 is 0 Å². The third kappa shape index (κ3) is 3.14. The summed E-state index contributed by atoms with van der Waals surface area (Å²) in [6.45, 7) is 4.19. The van der Waals surface area contributed by atoms with Crippen LogP contribution in [0.15, 0.2) is 18.5 Å². The van der Waals surface area contributed by atoms with Gasteiger partial charge >= 0.3 is 0 Å². The molecule has 2 aromatic rings. The number of pyridine rings is 1. The molecule has 21 heavy (non-hydrogen) atoms. The zero-order chi connectivity index (χ0) is 14.7. The standard InChI is InChI=1S/C16H20FN3S/c1-2-7-18-9-11-4-3-5-14-15(11)20-16(21-14)12-6-8-19-10-13(12)17/h6,8,10-11,18H,2-5,7,9H2,1H3. The van der Waals surface area contributed by atoms with Crippen molar-refractivity contribution in [3.8, 4) is 10.6 Å². The number of hydrogen-bond donors (Lipinski definition) is 1. The summed E-state index contributed by atoms with van der Waals surface area (Å²) in [5, 5.41) is 4.28. The SMILES string of the molecule is CCCNCC1CCCc2sc(-c3ccncc3F)nc21. The number of aryl methyl sites for hydroxylation is 1. The molecule has 0 saturated heterocycles. The van der Waals surface area contributed by atoms with Crippen LogP contribution in [-0.2, 0) is 6.42 Å². The summed E-state index contributed by atoms with van der Waals surface area (Å²) >= 11 is 1.64. The number of rotatable bonds is 5. The maximum absolute atomic E-state index is 13.9. The maximum Gasteiger partial charge on any atom is 0.151 e. The molecule has 3 rings (SSSR count). The normalized spacial score (nSPS) is 17.7. The van der Waals surface area contributed by atoms with Crippen molar-refractivity contribution in [1.82, 2.24) is 15.3 Å². The lowest BCUT2D eigenvalue weighted by molar-refractivity contribution is 0.502. The fourth-order valence-corrected chi connectivity index (χ4v) is 4.04. The molecule has 1 atom stereocenters. The first-order chi connectivity index (χ1) is 10.3. The van der Waals surface area contributed by atoms with Gasteiger partial charge in [0, 0.05) is 29.1 Å². The molecule has 0 radical (unpaired) electrons. The fraction of sp³-hybridized carbons (Fsp3) is 0.500. The van der Waals surface area contributed by atoms with Gasteiger partial charge in [-0.1, -0.05) is 6.92 Å². The summed E-state index contributed by atoms with van der Waals surface area (Å²) < 4.78 is 13.9. The monoisotopic (exact) mass is 305 g/mol. The Balaban J connectivity index is 1.86. The maximum atomic E-state index is 13.9. The van der Waals surface area contributed by atoms with Crippen LogP contribution in [0.4, 0.5) is 4.39 Å². The van der Waals surface area contributed by atoms with Crippen LogP contribution in [0.5, 0.6) is 0 Å². The first-order valence-electron chi connectivity index (χ1n) is 7.59. The highest BCUT2D eigenvalue weighted by Crippen LogP contribution is 2.38. The van der Waals surface area contributed by atoms with Crippen molar-refractivity contribution in [2.45, 2.75) is 38.5 Å². The predicted molar refractivity (Wildman–Crippen MR) is 84.1 cm³/mol. The zero-order valence-electron chi connectivity index (χ0n) is 12.2. The summed E-state index contributed by atoms with van der Waals surface area (Å²) in [4.78, 5) is 9.89. The Labute approximate surface area is 128 Å². The molecule has 112 valence electrons.